The van der Waals surface area contributed by atoms with Crippen LogP contribution in [0.2, 0.25) is 0 Å². The van der Waals surface area contributed by atoms with E-state index in [0.29, 0.717) is 5.88 Å². The molecule has 0 aliphatic heterocycles. The second-order valence-corrected chi connectivity index (χ2v) is 2.36. The summed E-state index contributed by atoms with van der Waals surface area (Å²) in [5.41, 5.74) is 0.824. The van der Waals surface area contributed by atoms with Crippen LogP contribution in [0.15, 0.2) is 23.0 Å². The molecule has 0 fully saturated rings. The lowest BCUT2D eigenvalue weighted by Crippen LogP contribution is -2.06. The third kappa shape index (κ3) is 1.88. The molecule has 0 unspecified atom stereocenters. The van der Waals surface area contributed by atoms with Gasteiger partial charge in [0, 0.05) is 24.1 Å². The second kappa shape index (κ2) is 3.42. The van der Waals surface area contributed by atoms with Gasteiger partial charge < -0.3 is 4.98 Å². The third-order valence-corrected chi connectivity index (χ3v) is 1.38. The molecule has 0 saturated heterocycles. The molecule has 0 aliphatic carbocycles. The molecule has 1 N–H and O–H groups in total. The summed E-state index contributed by atoms with van der Waals surface area (Å²) >= 11 is 5.47. The lowest BCUT2D eigenvalue weighted by Gasteiger charge is -1.93. The van der Waals surface area contributed by atoms with E-state index in [1.165, 1.54) is 6.07 Å². The van der Waals surface area contributed by atoms with E-state index in [2.05, 4.69) is 4.98 Å². The van der Waals surface area contributed by atoms with Crippen LogP contribution in [0.4, 0.5) is 0 Å². The Balaban J connectivity index is 2.85. The first-order chi connectivity index (χ1) is 4.83. The Morgan fingerprint density at radius 2 is 2.30 bits per heavy atom. The average Bonchev–Trinajstić information content (AvgIpc) is 1.88. The molecule has 10 heavy (non-hydrogen) atoms. The summed E-state index contributed by atoms with van der Waals surface area (Å²) in [5, 5.41) is 0. The number of hydrogen-bond acceptors (Lipinski definition) is 1. The van der Waals surface area contributed by atoms with Crippen molar-refractivity contribution in [2.75, 3.05) is 5.88 Å². The van der Waals surface area contributed by atoms with Gasteiger partial charge in [0.25, 0.3) is 0 Å². The van der Waals surface area contributed by atoms with Crippen LogP contribution in [0.25, 0.3) is 0 Å². The maximum atomic E-state index is 10.7. The first-order valence-electron chi connectivity index (χ1n) is 3.07. The Morgan fingerprint density at radius 3 is 2.90 bits per heavy atom. The van der Waals surface area contributed by atoms with E-state index < -0.39 is 0 Å². The van der Waals surface area contributed by atoms with Crippen LogP contribution in [-0.4, -0.2) is 10.9 Å². The minimum Gasteiger partial charge on any atom is -0.326 e. The van der Waals surface area contributed by atoms with Gasteiger partial charge in [0.05, 0.1) is 0 Å². The molecule has 1 aromatic rings. The summed E-state index contributed by atoms with van der Waals surface area (Å²) < 4.78 is 0. The van der Waals surface area contributed by atoms with Crippen molar-refractivity contribution in [1.29, 1.82) is 0 Å². The van der Waals surface area contributed by atoms with Crippen LogP contribution >= 0.6 is 11.6 Å². The standard InChI is InChI=1S/C7H8ClNO/c8-5-4-6-2-1-3-7(10)9-6/h1-3H,4-5H2,(H,9,10). The summed E-state index contributed by atoms with van der Waals surface area (Å²) in [4.78, 5) is 13.3. The molecule has 0 amide bonds. The van der Waals surface area contributed by atoms with Gasteiger partial charge in [-0.2, -0.15) is 0 Å². The minimum absolute atomic E-state index is 0.0670. The van der Waals surface area contributed by atoms with Crippen LogP contribution in [-0.2, 0) is 6.42 Å². The Labute approximate surface area is 63.8 Å². The molecule has 0 aromatic carbocycles. The summed E-state index contributed by atoms with van der Waals surface area (Å²) in [6.45, 7) is 0. The molecule has 0 bridgehead atoms. The number of rotatable bonds is 2. The molecule has 0 radical (unpaired) electrons. The van der Waals surface area contributed by atoms with E-state index in [1.54, 1.807) is 6.07 Å². The summed E-state index contributed by atoms with van der Waals surface area (Å²) in [7, 11) is 0. The van der Waals surface area contributed by atoms with Crippen molar-refractivity contribution in [2.45, 2.75) is 6.42 Å². The number of aromatic nitrogens is 1. The van der Waals surface area contributed by atoms with Gasteiger partial charge in [0.2, 0.25) is 5.56 Å². The number of hydrogen-bond donors (Lipinski definition) is 1. The molecule has 0 saturated carbocycles. The van der Waals surface area contributed by atoms with E-state index in [-0.39, 0.29) is 5.56 Å². The van der Waals surface area contributed by atoms with Crippen molar-refractivity contribution in [3.63, 3.8) is 0 Å². The van der Waals surface area contributed by atoms with Gasteiger partial charge in [-0.3, -0.25) is 4.79 Å². The Hall–Kier alpha value is -0.760. The molecular formula is C7H8ClNO. The summed E-state index contributed by atoms with van der Waals surface area (Å²) in [6.07, 6.45) is 0.720. The van der Waals surface area contributed by atoms with Gasteiger partial charge in [-0.15, -0.1) is 11.6 Å². The number of aromatic amines is 1. The molecule has 1 aromatic heterocycles. The number of H-pyrrole nitrogens is 1. The quantitative estimate of drug-likeness (QED) is 0.642. The highest BCUT2D eigenvalue weighted by atomic mass is 35.5. The maximum absolute atomic E-state index is 10.7. The fourth-order valence-electron chi connectivity index (χ4n) is 0.741. The van der Waals surface area contributed by atoms with E-state index in [4.69, 9.17) is 11.6 Å². The Kier molecular flexibility index (Phi) is 2.51. The predicted molar refractivity (Wildman–Crippen MR) is 41.5 cm³/mol. The van der Waals surface area contributed by atoms with Gasteiger partial charge in [-0.05, 0) is 6.07 Å². The average molecular weight is 158 g/mol. The van der Waals surface area contributed by atoms with Crippen LogP contribution < -0.4 is 5.56 Å². The van der Waals surface area contributed by atoms with Crippen molar-refractivity contribution in [3.05, 3.63) is 34.2 Å². The molecule has 0 spiro atoms. The lowest BCUT2D eigenvalue weighted by atomic mass is 10.3. The minimum atomic E-state index is -0.0670. The van der Waals surface area contributed by atoms with Crippen molar-refractivity contribution in [1.82, 2.24) is 4.98 Å². The molecule has 2 nitrogen and oxygen atoms in total. The van der Waals surface area contributed by atoms with Crippen molar-refractivity contribution >= 4 is 11.6 Å². The highest BCUT2D eigenvalue weighted by molar-refractivity contribution is 6.17. The number of alkyl halides is 1. The molecule has 1 heterocycles. The number of aryl methyl sites for hydroxylation is 1. The third-order valence-electron chi connectivity index (χ3n) is 1.19. The highest BCUT2D eigenvalue weighted by Gasteiger charge is 1.89. The zero-order valence-corrected chi connectivity index (χ0v) is 6.19. The number of halogens is 1. The Morgan fingerprint density at radius 1 is 1.50 bits per heavy atom. The van der Waals surface area contributed by atoms with Crippen molar-refractivity contribution in [2.24, 2.45) is 0 Å². The first-order valence-corrected chi connectivity index (χ1v) is 3.60. The second-order valence-electron chi connectivity index (χ2n) is 1.98. The lowest BCUT2D eigenvalue weighted by molar-refractivity contribution is 1.02. The van der Waals surface area contributed by atoms with Gasteiger partial charge in [0.15, 0.2) is 0 Å². The van der Waals surface area contributed by atoms with E-state index in [9.17, 15) is 4.79 Å². The van der Waals surface area contributed by atoms with Crippen LogP contribution in [0, 0.1) is 0 Å². The molecule has 54 valence electrons. The summed E-state index contributed by atoms with van der Waals surface area (Å²) in [6, 6.07) is 5.06. The highest BCUT2D eigenvalue weighted by Crippen LogP contribution is 1.92. The predicted octanol–water partition coefficient (Wildman–Crippen LogP) is 1.16. The normalized spacial score (nSPS) is 9.70. The first kappa shape index (κ1) is 7.35. The molecular weight excluding hydrogens is 150 g/mol. The summed E-state index contributed by atoms with van der Waals surface area (Å²) in [5.74, 6) is 0.542. The van der Waals surface area contributed by atoms with E-state index in [1.807, 2.05) is 6.07 Å². The number of pyridine rings is 1. The zero-order chi connectivity index (χ0) is 7.40. The zero-order valence-electron chi connectivity index (χ0n) is 5.43. The molecule has 0 atom stereocenters. The molecule has 0 aliphatic rings. The van der Waals surface area contributed by atoms with Gasteiger partial charge >= 0.3 is 0 Å². The van der Waals surface area contributed by atoms with Crippen LogP contribution in [0.3, 0.4) is 0 Å². The Bertz CT molecular complexity index is 256. The van der Waals surface area contributed by atoms with Gasteiger partial charge in [-0.1, -0.05) is 6.07 Å². The van der Waals surface area contributed by atoms with Crippen molar-refractivity contribution in [3.8, 4) is 0 Å². The van der Waals surface area contributed by atoms with Gasteiger partial charge in [0.1, 0.15) is 0 Å². The molecule has 1 rings (SSSR count). The van der Waals surface area contributed by atoms with Gasteiger partial charge in [-0.25, -0.2) is 0 Å². The van der Waals surface area contributed by atoms with E-state index in [0.717, 1.165) is 12.1 Å². The monoisotopic (exact) mass is 157 g/mol. The topological polar surface area (TPSA) is 32.9 Å². The van der Waals surface area contributed by atoms with E-state index >= 15 is 0 Å². The fourth-order valence-corrected chi connectivity index (χ4v) is 0.944. The smallest absolute Gasteiger partial charge is 0.248 e. The fraction of sp³-hybridized carbons (Fsp3) is 0.286. The maximum Gasteiger partial charge on any atom is 0.248 e. The SMILES string of the molecule is O=c1cccc(CCCl)[nH]1. The van der Waals surface area contributed by atoms with Crippen molar-refractivity contribution < 1.29 is 0 Å². The van der Waals surface area contributed by atoms with Crippen LogP contribution in [0.5, 0.6) is 0 Å². The molecule has 3 heteroatoms. The largest absolute Gasteiger partial charge is 0.326 e. The van der Waals surface area contributed by atoms with Crippen LogP contribution in [0.1, 0.15) is 5.69 Å². The number of nitrogens with one attached hydrogen (secondary N) is 1.